The van der Waals surface area contributed by atoms with Crippen molar-refractivity contribution in [2.24, 2.45) is 11.3 Å². The van der Waals surface area contributed by atoms with Crippen LogP contribution in [-0.2, 0) is 27.9 Å². The molecular formula is C22H28N2O2S. The molecule has 144 valence electrons. The minimum absolute atomic E-state index is 0.0430. The predicted molar refractivity (Wildman–Crippen MR) is 108 cm³/mol. The molecule has 1 amide bonds. The predicted octanol–water partition coefficient (Wildman–Crippen LogP) is 3.36. The molecule has 27 heavy (non-hydrogen) atoms. The fraction of sp³-hybridized carbons (Fsp3) is 0.636. The van der Waals surface area contributed by atoms with E-state index in [0.717, 1.165) is 44.4 Å². The summed E-state index contributed by atoms with van der Waals surface area (Å²) in [5, 5.41) is 6.86. The van der Waals surface area contributed by atoms with Crippen LogP contribution in [0.25, 0.3) is 0 Å². The number of nitrogens with one attached hydrogen (secondary N) is 2. The highest BCUT2D eigenvalue weighted by molar-refractivity contribution is 7.80. The molecule has 1 aromatic carbocycles. The number of hydrogen-bond acceptors (Lipinski definition) is 3. The molecule has 1 saturated heterocycles. The number of aryl methyl sites for hydroxylation is 1. The number of methoxy groups -OCH3 is 1. The molecule has 1 aliphatic heterocycles. The highest BCUT2D eigenvalue weighted by Crippen LogP contribution is 2.59. The molecule has 5 heteroatoms. The summed E-state index contributed by atoms with van der Waals surface area (Å²) in [5.41, 5.74) is 3.03. The van der Waals surface area contributed by atoms with Crippen LogP contribution < -0.4 is 10.6 Å². The molecule has 0 radical (unpaired) electrons. The normalized spacial score (nSPS) is 34.8. The largest absolute Gasteiger partial charge is 0.381 e. The van der Waals surface area contributed by atoms with Crippen molar-refractivity contribution >= 4 is 23.2 Å². The smallest absolute Gasteiger partial charge is 0.257 e. The van der Waals surface area contributed by atoms with Crippen LogP contribution in [0.3, 0.4) is 0 Å². The van der Waals surface area contributed by atoms with E-state index in [9.17, 15) is 4.79 Å². The summed E-state index contributed by atoms with van der Waals surface area (Å²) in [6, 6.07) is 6.85. The van der Waals surface area contributed by atoms with Crippen LogP contribution >= 0.6 is 12.2 Å². The first-order chi connectivity index (χ1) is 13.1. The Morgan fingerprint density at radius 1 is 1.22 bits per heavy atom. The number of thiocarbonyl (C=S) groups is 1. The van der Waals surface area contributed by atoms with Crippen molar-refractivity contribution < 1.29 is 9.53 Å². The lowest BCUT2D eigenvalue weighted by atomic mass is 9.61. The van der Waals surface area contributed by atoms with E-state index in [1.807, 2.05) is 0 Å². The number of benzene rings is 1. The maximum atomic E-state index is 13.3. The van der Waals surface area contributed by atoms with Crippen LogP contribution in [0.5, 0.6) is 0 Å². The SMILES string of the molecule is COC1CCC2(CC1)Cc1ccc(CCC3CC3)cc1C21NC(=S)NC1=O. The van der Waals surface area contributed by atoms with Crippen molar-refractivity contribution in [3.63, 3.8) is 0 Å². The zero-order chi connectivity index (χ0) is 18.6. The van der Waals surface area contributed by atoms with Crippen LogP contribution in [0.15, 0.2) is 18.2 Å². The fourth-order valence-electron chi connectivity index (χ4n) is 5.79. The van der Waals surface area contributed by atoms with Gasteiger partial charge >= 0.3 is 0 Å². The van der Waals surface area contributed by atoms with Gasteiger partial charge in [0.05, 0.1) is 6.10 Å². The van der Waals surface area contributed by atoms with E-state index in [4.69, 9.17) is 17.0 Å². The summed E-state index contributed by atoms with van der Waals surface area (Å²) < 4.78 is 5.60. The van der Waals surface area contributed by atoms with E-state index in [1.54, 1.807) is 7.11 Å². The van der Waals surface area contributed by atoms with Gasteiger partial charge in [-0.05, 0) is 79.8 Å². The van der Waals surface area contributed by atoms with Crippen molar-refractivity contribution in [2.45, 2.75) is 69.4 Å². The Morgan fingerprint density at radius 3 is 2.63 bits per heavy atom. The maximum absolute atomic E-state index is 13.3. The lowest BCUT2D eigenvalue weighted by Crippen LogP contribution is -2.56. The maximum Gasteiger partial charge on any atom is 0.257 e. The van der Waals surface area contributed by atoms with Gasteiger partial charge in [0, 0.05) is 12.5 Å². The van der Waals surface area contributed by atoms with Gasteiger partial charge in [-0.25, -0.2) is 0 Å². The average Bonchev–Trinajstić information content (AvgIpc) is 3.40. The summed E-state index contributed by atoms with van der Waals surface area (Å²) in [6.07, 6.45) is 10.4. The molecule has 3 fully saturated rings. The molecule has 2 spiro atoms. The lowest BCUT2D eigenvalue weighted by molar-refractivity contribution is -0.131. The Balaban J connectivity index is 1.54. The molecular weight excluding hydrogens is 356 g/mol. The number of ether oxygens (including phenoxy) is 1. The van der Waals surface area contributed by atoms with Crippen LogP contribution in [0.1, 0.15) is 61.6 Å². The van der Waals surface area contributed by atoms with Gasteiger partial charge in [0.15, 0.2) is 10.7 Å². The van der Waals surface area contributed by atoms with E-state index in [0.29, 0.717) is 11.2 Å². The first-order valence-corrected chi connectivity index (χ1v) is 10.8. The number of hydrogen-bond donors (Lipinski definition) is 2. The topological polar surface area (TPSA) is 50.4 Å². The van der Waals surface area contributed by atoms with Crippen molar-refractivity contribution in [3.8, 4) is 0 Å². The Bertz CT molecular complexity index is 796. The zero-order valence-electron chi connectivity index (χ0n) is 16.0. The van der Waals surface area contributed by atoms with Gasteiger partial charge in [0.25, 0.3) is 5.91 Å². The van der Waals surface area contributed by atoms with E-state index in [-0.39, 0.29) is 11.3 Å². The first-order valence-electron chi connectivity index (χ1n) is 10.3. The van der Waals surface area contributed by atoms with Gasteiger partial charge in [0.2, 0.25) is 0 Å². The molecule has 0 bridgehead atoms. The second-order valence-corrected chi connectivity index (χ2v) is 9.43. The lowest BCUT2D eigenvalue weighted by Gasteiger charge is -2.46. The highest BCUT2D eigenvalue weighted by Gasteiger charge is 2.65. The van der Waals surface area contributed by atoms with Crippen molar-refractivity contribution in [3.05, 3.63) is 34.9 Å². The Morgan fingerprint density at radius 2 is 2.00 bits per heavy atom. The van der Waals surface area contributed by atoms with Crippen molar-refractivity contribution in [1.29, 1.82) is 0 Å². The molecule has 2 saturated carbocycles. The van der Waals surface area contributed by atoms with Gasteiger partial charge < -0.3 is 15.4 Å². The summed E-state index contributed by atoms with van der Waals surface area (Å²) in [5.74, 6) is 0.963. The zero-order valence-corrected chi connectivity index (χ0v) is 16.8. The summed E-state index contributed by atoms with van der Waals surface area (Å²) in [4.78, 5) is 13.3. The fourth-order valence-corrected chi connectivity index (χ4v) is 6.04. The number of fused-ring (bicyclic) bond motifs is 3. The molecule has 1 unspecified atom stereocenters. The molecule has 4 nitrogen and oxygen atoms in total. The van der Waals surface area contributed by atoms with E-state index in [2.05, 4.69) is 28.8 Å². The first kappa shape index (κ1) is 17.6. The van der Waals surface area contributed by atoms with E-state index in [1.165, 1.54) is 36.0 Å². The summed E-state index contributed by atoms with van der Waals surface area (Å²) in [6.45, 7) is 0. The number of amides is 1. The van der Waals surface area contributed by atoms with E-state index < -0.39 is 5.54 Å². The Kier molecular flexibility index (Phi) is 4.10. The third-order valence-corrected chi connectivity index (χ3v) is 7.74. The molecule has 1 atom stereocenters. The van der Waals surface area contributed by atoms with Crippen LogP contribution in [-0.4, -0.2) is 24.2 Å². The minimum Gasteiger partial charge on any atom is -0.381 e. The quantitative estimate of drug-likeness (QED) is 0.782. The standard InChI is InChI=1S/C22H28N2O2S/c1-26-17-8-10-21(11-9-17)13-16-7-6-15(5-4-14-2-3-14)12-18(16)22(21)19(25)23-20(27)24-22/h6-7,12,14,17H,2-5,8-11,13H2,1H3,(H2,23,24,25,27). The molecule has 3 aliphatic carbocycles. The highest BCUT2D eigenvalue weighted by atomic mass is 32.1. The second kappa shape index (κ2) is 6.28. The van der Waals surface area contributed by atoms with Gasteiger partial charge in [0.1, 0.15) is 0 Å². The van der Waals surface area contributed by atoms with Gasteiger partial charge in [-0.3, -0.25) is 4.79 Å². The molecule has 1 heterocycles. The third kappa shape index (κ3) is 2.65. The Labute approximate surface area is 166 Å². The second-order valence-electron chi connectivity index (χ2n) is 9.02. The van der Waals surface area contributed by atoms with Crippen molar-refractivity contribution in [1.82, 2.24) is 10.6 Å². The Hall–Kier alpha value is -1.46. The van der Waals surface area contributed by atoms with Crippen LogP contribution in [0.4, 0.5) is 0 Å². The number of carbonyl (C=O) groups is 1. The third-order valence-electron chi connectivity index (χ3n) is 7.53. The van der Waals surface area contributed by atoms with Gasteiger partial charge in [-0.15, -0.1) is 0 Å². The minimum atomic E-state index is -0.701. The summed E-state index contributed by atoms with van der Waals surface area (Å²) >= 11 is 5.39. The monoisotopic (exact) mass is 384 g/mol. The van der Waals surface area contributed by atoms with Gasteiger partial charge in [-0.1, -0.05) is 31.0 Å². The number of carbonyl (C=O) groups excluding carboxylic acids is 1. The molecule has 0 aromatic heterocycles. The molecule has 4 aliphatic rings. The van der Waals surface area contributed by atoms with Gasteiger partial charge in [-0.2, -0.15) is 0 Å². The molecule has 5 rings (SSSR count). The molecule has 2 N–H and O–H groups in total. The van der Waals surface area contributed by atoms with E-state index >= 15 is 0 Å². The average molecular weight is 385 g/mol. The molecule has 1 aromatic rings. The summed E-state index contributed by atoms with van der Waals surface area (Å²) in [7, 11) is 1.80. The van der Waals surface area contributed by atoms with Crippen molar-refractivity contribution in [2.75, 3.05) is 7.11 Å². The van der Waals surface area contributed by atoms with Crippen LogP contribution in [0.2, 0.25) is 0 Å². The number of rotatable bonds is 4. The van der Waals surface area contributed by atoms with Crippen LogP contribution in [0, 0.1) is 11.3 Å².